The fraction of sp³-hybridized carbons (Fsp3) is 0.750. The summed E-state index contributed by atoms with van der Waals surface area (Å²) in [7, 11) is 0. The van der Waals surface area contributed by atoms with Crippen molar-refractivity contribution in [1.29, 1.82) is 0 Å². The van der Waals surface area contributed by atoms with Gasteiger partial charge in [-0.1, -0.05) is 23.2 Å². The molecule has 1 rings (SSSR count). The first-order valence-corrected chi connectivity index (χ1v) is 4.99. The predicted octanol–water partition coefficient (Wildman–Crippen LogP) is 1.60. The number of nitrogens with one attached hydrogen (secondary N) is 1. The van der Waals surface area contributed by atoms with Crippen LogP contribution in [0.25, 0.3) is 0 Å². The minimum atomic E-state index is 0.368. The predicted molar refractivity (Wildman–Crippen MR) is 53.7 cm³/mol. The Labute approximate surface area is 83.5 Å². The minimum Gasteiger partial charge on any atom is -0.315 e. The van der Waals surface area contributed by atoms with Crippen LogP contribution in [0.3, 0.4) is 0 Å². The van der Waals surface area contributed by atoms with Crippen LogP contribution in [0, 0.1) is 0 Å². The monoisotopic (exact) mass is 208 g/mol. The first-order valence-electron chi connectivity index (χ1n) is 4.23. The Balaban J connectivity index is 2.25. The summed E-state index contributed by atoms with van der Waals surface area (Å²) in [5, 5.41) is 3.34. The first-order chi connectivity index (χ1) is 5.79. The molecule has 2 nitrogen and oxygen atoms in total. The molecule has 0 spiro atoms. The third-order valence-electron chi connectivity index (χ3n) is 1.94. The summed E-state index contributed by atoms with van der Waals surface area (Å²) in [5.74, 6) is 0. The summed E-state index contributed by atoms with van der Waals surface area (Å²) in [6.45, 7) is 5.26. The van der Waals surface area contributed by atoms with Crippen LogP contribution in [-0.4, -0.2) is 37.6 Å². The van der Waals surface area contributed by atoms with E-state index in [4.69, 9.17) is 23.2 Å². The Bertz CT molecular complexity index is 147. The summed E-state index contributed by atoms with van der Waals surface area (Å²) < 4.78 is 0.368. The number of rotatable bonds is 2. The van der Waals surface area contributed by atoms with E-state index >= 15 is 0 Å². The molecule has 12 heavy (non-hydrogen) atoms. The van der Waals surface area contributed by atoms with E-state index < -0.39 is 0 Å². The van der Waals surface area contributed by atoms with Gasteiger partial charge in [-0.3, -0.25) is 4.90 Å². The van der Waals surface area contributed by atoms with Crippen LogP contribution < -0.4 is 5.32 Å². The van der Waals surface area contributed by atoms with Crippen molar-refractivity contribution in [2.75, 3.05) is 32.7 Å². The van der Waals surface area contributed by atoms with Crippen molar-refractivity contribution in [1.82, 2.24) is 10.2 Å². The molecule has 1 saturated heterocycles. The number of hydrogen-bond acceptors (Lipinski definition) is 2. The second-order valence-electron chi connectivity index (χ2n) is 2.90. The molecule has 0 radical (unpaired) electrons. The second-order valence-corrected chi connectivity index (χ2v) is 3.91. The van der Waals surface area contributed by atoms with E-state index in [9.17, 15) is 0 Å². The van der Waals surface area contributed by atoms with Gasteiger partial charge in [0.15, 0.2) is 0 Å². The van der Waals surface area contributed by atoms with Crippen molar-refractivity contribution < 1.29 is 0 Å². The summed E-state index contributed by atoms with van der Waals surface area (Å²) in [5.41, 5.74) is 0. The molecule has 4 heteroatoms. The van der Waals surface area contributed by atoms with Gasteiger partial charge in [0.25, 0.3) is 0 Å². The molecule has 1 N–H and O–H groups in total. The van der Waals surface area contributed by atoms with Gasteiger partial charge in [0.1, 0.15) is 4.49 Å². The molecule has 0 aromatic carbocycles. The average Bonchev–Trinajstić information content (AvgIpc) is 2.28. The highest BCUT2D eigenvalue weighted by atomic mass is 35.5. The molecule has 0 bridgehead atoms. The van der Waals surface area contributed by atoms with E-state index in [0.29, 0.717) is 4.49 Å². The summed E-state index contributed by atoms with van der Waals surface area (Å²) >= 11 is 11.0. The lowest BCUT2D eigenvalue weighted by atomic mass is 10.4. The Morgan fingerprint density at radius 3 is 2.92 bits per heavy atom. The quantitative estimate of drug-likeness (QED) is 0.743. The third kappa shape index (κ3) is 4.31. The number of hydrogen-bond donors (Lipinski definition) is 1. The lowest BCUT2D eigenvalue weighted by molar-refractivity contribution is 0.324. The van der Waals surface area contributed by atoms with Crippen molar-refractivity contribution in [3.63, 3.8) is 0 Å². The molecule has 0 atom stereocenters. The van der Waals surface area contributed by atoms with Gasteiger partial charge in [-0.15, -0.1) is 0 Å². The van der Waals surface area contributed by atoms with Crippen LogP contribution in [-0.2, 0) is 0 Å². The van der Waals surface area contributed by atoms with Crippen LogP contribution in [0.4, 0.5) is 0 Å². The first kappa shape index (κ1) is 10.3. The van der Waals surface area contributed by atoms with Crippen LogP contribution in [0.2, 0.25) is 0 Å². The molecule has 0 aromatic rings. The summed E-state index contributed by atoms with van der Waals surface area (Å²) in [6.07, 6.45) is 3.04. The Hall–Kier alpha value is 0.240. The van der Waals surface area contributed by atoms with E-state index in [0.717, 1.165) is 32.7 Å². The summed E-state index contributed by atoms with van der Waals surface area (Å²) in [6, 6.07) is 0. The highest BCUT2D eigenvalue weighted by Gasteiger charge is 2.05. The van der Waals surface area contributed by atoms with E-state index in [-0.39, 0.29) is 0 Å². The highest BCUT2D eigenvalue weighted by Crippen LogP contribution is 2.06. The SMILES string of the molecule is ClC(Cl)=CCN1CCCNCC1. The normalized spacial score (nSPS) is 20.2. The topological polar surface area (TPSA) is 15.3 Å². The van der Waals surface area contributed by atoms with Crippen molar-refractivity contribution >= 4 is 23.2 Å². The van der Waals surface area contributed by atoms with Crippen molar-refractivity contribution in [3.05, 3.63) is 10.6 Å². The average molecular weight is 209 g/mol. The van der Waals surface area contributed by atoms with Crippen molar-refractivity contribution in [2.45, 2.75) is 6.42 Å². The highest BCUT2D eigenvalue weighted by molar-refractivity contribution is 6.55. The lowest BCUT2D eigenvalue weighted by Crippen LogP contribution is -2.28. The van der Waals surface area contributed by atoms with Gasteiger partial charge in [0.05, 0.1) is 0 Å². The molecular formula is C8H14Cl2N2. The zero-order valence-electron chi connectivity index (χ0n) is 7.02. The molecule has 70 valence electrons. The van der Waals surface area contributed by atoms with Crippen LogP contribution in [0.1, 0.15) is 6.42 Å². The Morgan fingerprint density at radius 2 is 2.17 bits per heavy atom. The van der Waals surface area contributed by atoms with Crippen LogP contribution in [0.5, 0.6) is 0 Å². The fourth-order valence-electron chi connectivity index (χ4n) is 1.28. The fourth-order valence-corrected chi connectivity index (χ4v) is 1.42. The number of halogens is 2. The van der Waals surface area contributed by atoms with Gasteiger partial charge in [-0.05, 0) is 25.6 Å². The molecule has 0 aliphatic carbocycles. The van der Waals surface area contributed by atoms with Gasteiger partial charge >= 0.3 is 0 Å². The zero-order chi connectivity index (χ0) is 8.81. The van der Waals surface area contributed by atoms with Crippen molar-refractivity contribution in [2.24, 2.45) is 0 Å². The molecule has 0 unspecified atom stereocenters. The smallest absolute Gasteiger partial charge is 0.104 e. The van der Waals surface area contributed by atoms with E-state index in [1.54, 1.807) is 0 Å². The minimum absolute atomic E-state index is 0.368. The van der Waals surface area contributed by atoms with Crippen molar-refractivity contribution in [3.8, 4) is 0 Å². The molecule has 1 aliphatic heterocycles. The third-order valence-corrected chi connectivity index (χ3v) is 2.25. The summed E-state index contributed by atoms with van der Waals surface area (Å²) in [4.78, 5) is 2.34. The molecule has 0 saturated carbocycles. The molecule has 1 fully saturated rings. The Kier molecular flexibility index (Phi) is 5.00. The molecule has 1 aliphatic rings. The van der Waals surface area contributed by atoms with Crippen LogP contribution >= 0.6 is 23.2 Å². The van der Waals surface area contributed by atoms with Gasteiger partial charge in [0, 0.05) is 19.6 Å². The second kappa shape index (κ2) is 5.81. The Morgan fingerprint density at radius 1 is 1.33 bits per heavy atom. The maximum absolute atomic E-state index is 5.52. The zero-order valence-corrected chi connectivity index (χ0v) is 8.53. The van der Waals surface area contributed by atoms with Gasteiger partial charge in [-0.25, -0.2) is 0 Å². The van der Waals surface area contributed by atoms with Gasteiger partial charge in [-0.2, -0.15) is 0 Å². The molecule has 1 heterocycles. The van der Waals surface area contributed by atoms with E-state index in [1.165, 1.54) is 6.42 Å². The molecule has 0 aromatic heterocycles. The lowest BCUT2D eigenvalue weighted by Gasteiger charge is -2.16. The van der Waals surface area contributed by atoms with Gasteiger partial charge < -0.3 is 5.32 Å². The number of nitrogens with zero attached hydrogens (tertiary/aromatic N) is 1. The largest absolute Gasteiger partial charge is 0.315 e. The van der Waals surface area contributed by atoms with Gasteiger partial charge in [0.2, 0.25) is 0 Å². The van der Waals surface area contributed by atoms with E-state index in [1.807, 2.05) is 6.08 Å². The maximum Gasteiger partial charge on any atom is 0.104 e. The van der Waals surface area contributed by atoms with E-state index in [2.05, 4.69) is 10.2 Å². The molecule has 0 amide bonds. The van der Waals surface area contributed by atoms with Crippen LogP contribution in [0.15, 0.2) is 10.6 Å². The molecular weight excluding hydrogens is 195 g/mol. The maximum atomic E-state index is 5.52. The standard InChI is InChI=1S/C8H14Cl2N2/c9-8(10)2-6-12-5-1-3-11-4-7-12/h2,11H,1,3-7H2.